The van der Waals surface area contributed by atoms with Gasteiger partial charge >= 0.3 is 6.18 Å². The second kappa shape index (κ2) is 5.32. The Morgan fingerprint density at radius 3 is 2.55 bits per heavy atom. The molecule has 0 saturated heterocycles. The standard InChI is InChI=1S/C13H16F3N3O/c14-13(15,16)10-5-8(3-4-9(10)12(18)20)19-6-11(17)7-1-2-7/h3-5,7,11,19H,1-2,6,17H2,(H2,18,20). The Kier molecular flexibility index (Phi) is 3.89. The fourth-order valence-corrected chi connectivity index (χ4v) is 2.03. The Labute approximate surface area is 114 Å². The van der Waals surface area contributed by atoms with Crippen LogP contribution in [0.15, 0.2) is 18.2 Å². The maximum atomic E-state index is 12.9. The minimum absolute atomic E-state index is 0.0693. The first-order valence-electron chi connectivity index (χ1n) is 6.29. The van der Waals surface area contributed by atoms with Crippen LogP contribution in [0.4, 0.5) is 18.9 Å². The molecule has 0 heterocycles. The van der Waals surface area contributed by atoms with Crippen molar-refractivity contribution >= 4 is 11.6 Å². The lowest BCUT2D eigenvalue weighted by Gasteiger charge is -2.16. The van der Waals surface area contributed by atoms with Gasteiger partial charge in [-0.3, -0.25) is 4.79 Å². The van der Waals surface area contributed by atoms with E-state index in [1.165, 1.54) is 6.07 Å². The summed E-state index contributed by atoms with van der Waals surface area (Å²) < 4.78 is 38.6. The zero-order valence-corrected chi connectivity index (χ0v) is 10.7. The molecule has 20 heavy (non-hydrogen) atoms. The van der Waals surface area contributed by atoms with Gasteiger partial charge < -0.3 is 16.8 Å². The van der Waals surface area contributed by atoms with E-state index < -0.39 is 23.2 Å². The van der Waals surface area contributed by atoms with E-state index in [2.05, 4.69) is 5.32 Å². The van der Waals surface area contributed by atoms with Gasteiger partial charge in [0.15, 0.2) is 0 Å². The third-order valence-electron chi connectivity index (χ3n) is 3.36. The molecule has 2 rings (SSSR count). The number of hydrogen-bond donors (Lipinski definition) is 3. The Bertz CT molecular complexity index is 512. The number of hydrogen-bond acceptors (Lipinski definition) is 3. The largest absolute Gasteiger partial charge is 0.417 e. The lowest BCUT2D eigenvalue weighted by atomic mass is 10.1. The van der Waals surface area contributed by atoms with Crippen LogP contribution < -0.4 is 16.8 Å². The zero-order chi connectivity index (χ0) is 14.9. The normalized spacial score (nSPS) is 16.8. The molecular weight excluding hydrogens is 271 g/mol. The summed E-state index contributed by atoms with van der Waals surface area (Å²) in [4.78, 5) is 11.0. The molecule has 1 aliphatic carbocycles. The maximum absolute atomic E-state index is 12.9. The van der Waals surface area contributed by atoms with Gasteiger partial charge in [0.05, 0.1) is 11.1 Å². The summed E-state index contributed by atoms with van der Waals surface area (Å²) in [6.45, 7) is 0.401. The number of nitrogens with two attached hydrogens (primary N) is 2. The minimum Gasteiger partial charge on any atom is -0.383 e. The monoisotopic (exact) mass is 287 g/mol. The highest BCUT2D eigenvalue weighted by molar-refractivity contribution is 5.95. The SMILES string of the molecule is NC(=O)c1ccc(NCC(N)C2CC2)cc1C(F)(F)F. The van der Waals surface area contributed by atoms with Crippen LogP contribution in [0.5, 0.6) is 0 Å². The van der Waals surface area contributed by atoms with Crippen LogP contribution in [-0.2, 0) is 6.18 Å². The Morgan fingerprint density at radius 2 is 2.05 bits per heavy atom. The van der Waals surface area contributed by atoms with Crippen LogP contribution in [0.2, 0.25) is 0 Å². The molecule has 1 aromatic rings. The molecule has 1 aromatic carbocycles. The number of benzene rings is 1. The van der Waals surface area contributed by atoms with Crippen molar-refractivity contribution in [3.63, 3.8) is 0 Å². The lowest BCUT2D eigenvalue weighted by Crippen LogP contribution is -2.31. The van der Waals surface area contributed by atoms with Crippen molar-refractivity contribution in [3.8, 4) is 0 Å². The number of anilines is 1. The van der Waals surface area contributed by atoms with E-state index in [0.29, 0.717) is 12.5 Å². The number of halogens is 3. The summed E-state index contributed by atoms with van der Waals surface area (Å²) in [7, 11) is 0. The van der Waals surface area contributed by atoms with E-state index in [1.54, 1.807) is 0 Å². The quantitative estimate of drug-likeness (QED) is 0.774. The molecule has 4 nitrogen and oxygen atoms in total. The van der Waals surface area contributed by atoms with Gasteiger partial charge in [-0.25, -0.2) is 0 Å². The molecule has 5 N–H and O–H groups in total. The first kappa shape index (κ1) is 14.6. The molecule has 0 bridgehead atoms. The van der Waals surface area contributed by atoms with E-state index in [1.807, 2.05) is 0 Å². The Hall–Kier alpha value is -1.76. The summed E-state index contributed by atoms with van der Waals surface area (Å²) in [5, 5.41) is 2.87. The number of amides is 1. The first-order valence-corrected chi connectivity index (χ1v) is 6.29. The summed E-state index contributed by atoms with van der Waals surface area (Å²) in [6.07, 6.45) is -2.49. The number of alkyl halides is 3. The van der Waals surface area contributed by atoms with Crippen molar-refractivity contribution in [3.05, 3.63) is 29.3 Å². The number of carbonyl (C=O) groups is 1. The highest BCUT2D eigenvalue weighted by Crippen LogP contribution is 2.34. The van der Waals surface area contributed by atoms with E-state index in [0.717, 1.165) is 25.0 Å². The summed E-state index contributed by atoms with van der Waals surface area (Å²) in [5.41, 5.74) is 9.53. The fraction of sp³-hybridized carbons (Fsp3) is 0.462. The number of nitrogens with one attached hydrogen (secondary N) is 1. The summed E-state index contributed by atoms with van der Waals surface area (Å²) >= 11 is 0. The van der Waals surface area contributed by atoms with Crippen molar-refractivity contribution in [2.45, 2.75) is 25.1 Å². The van der Waals surface area contributed by atoms with Crippen LogP contribution in [0.1, 0.15) is 28.8 Å². The van der Waals surface area contributed by atoms with E-state index in [9.17, 15) is 18.0 Å². The van der Waals surface area contributed by atoms with Gasteiger partial charge in [0, 0.05) is 18.3 Å². The predicted octanol–water partition coefficient (Wildman–Crippen LogP) is 1.95. The zero-order valence-electron chi connectivity index (χ0n) is 10.7. The van der Waals surface area contributed by atoms with Crippen LogP contribution >= 0.6 is 0 Å². The van der Waals surface area contributed by atoms with Crippen molar-refractivity contribution < 1.29 is 18.0 Å². The smallest absolute Gasteiger partial charge is 0.383 e. The molecule has 110 valence electrons. The molecule has 1 fully saturated rings. The Morgan fingerprint density at radius 1 is 1.40 bits per heavy atom. The van der Waals surface area contributed by atoms with Crippen LogP contribution in [-0.4, -0.2) is 18.5 Å². The molecule has 0 radical (unpaired) electrons. The lowest BCUT2D eigenvalue weighted by molar-refractivity contribution is -0.137. The molecule has 1 unspecified atom stereocenters. The third-order valence-corrected chi connectivity index (χ3v) is 3.36. The van der Waals surface area contributed by atoms with E-state index in [4.69, 9.17) is 11.5 Å². The summed E-state index contributed by atoms with van der Waals surface area (Å²) in [6, 6.07) is 3.30. The molecule has 1 aliphatic rings. The van der Waals surface area contributed by atoms with Crippen LogP contribution in [0.3, 0.4) is 0 Å². The summed E-state index contributed by atoms with van der Waals surface area (Å²) in [5.74, 6) is -0.645. The number of rotatable bonds is 5. The highest BCUT2D eigenvalue weighted by atomic mass is 19.4. The van der Waals surface area contributed by atoms with Gasteiger partial charge in [0.1, 0.15) is 0 Å². The average Bonchev–Trinajstić information content (AvgIpc) is 3.18. The number of carbonyl (C=O) groups excluding carboxylic acids is 1. The van der Waals surface area contributed by atoms with Crippen molar-refractivity contribution in [1.29, 1.82) is 0 Å². The number of primary amides is 1. The van der Waals surface area contributed by atoms with Gasteiger partial charge in [0.2, 0.25) is 5.91 Å². The van der Waals surface area contributed by atoms with Gasteiger partial charge in [-0.1, -0.05) is 0 Å². The maximum Gasteiger partial charge on any atom is 0.417 e. The average molecular weight is 287 g/mol. The van der Waals surface area contributed by atoms with Gasteiger partial charge in [-0.2, -0.15) is 13.2 Å². The van der Waals surface area contributed by atoms with Crippen molar-refractivity contribution in [1.82, 2.24) is 0 Å². The van der Waals surface area contributed by atoms with E-state index in [-0.39, 0.29) is 11.7 Å². The van der Waals surface area contributed by atoms with Crippen molar-refractivity contribution in [2.24, 2.45) is 17.4 Å². The third kappa shape index (κ3) is 3.41. The molecule has 1 saturated carbocycles. The second-order valence-electron chi connectivity index (χ2n) is 5.00. The molecule has 7 heteroatoms. The van der Waals surface area contributed by atoms with Crippen LogP contribution in [0, 0.1) is 5.92 Å². The minimum atomic E-state index is -4.62. The van der Waals surface area contributed by atoms with Crippen molar-refractivity contribution in [2.75, 3.05) is 11.9 Å². The van der Waals surface area contributed by atoms with E-state index >= 15 is 0 Å². The Balaban J connectivity index is 2.16. The fourth-order valence-electron chi connectivity index (χ4n) is 2.03. The van der Waals surface area contributed by atoms with Gasteiger partial charge in [-0.05, 0) is 37.0 Å². The molecule has 1 amide bonds. The first-order chi connectivity index (χ1) is 9.29. The second-order valence-corrected chi connectivity index (χ2v) is 5.00. The molecule has 1 atom stereocenters. The molecular formula is C13H16F3N3O. The van der Waals surface area contributed by atoms with Crippen LogP contribution in [0.25, 0.3) is 0 Å². The van der Waals surface area contributed by atoms with Gasteiger partial charge in [-0.15, -0.1) is 0 Å². The topological polar surface area (TPSA) is 81.1 Å². The molecule has 0 spiro atoms. The predicted molar refractivity (Wildman–Crippen MR) is 69.2 cm³/mol. The molecule has 0 aromatic heterocycles. The van der Waals surface area contributed by atoms with Gasteiger partial charge in [0.25, 0.3) is 0 Å². The molecule has 0 aliphatic heterocycles. The highest BCUT2D eigenvalue weighted by Gasteiger charge is 2.35.